The number of carbonyl (C=O) groups is 1. The summed E-state index contributed by atoms with van der Waals surface area (Å²) in [6, 6.07) is 1.28. The average molecular weight is 250 g/mol. The Morgan fingerprint density at radius 3 is 2.94 bits per heavy atom. The van der Waals surface area contributed by atoms with Gasteiger partial charge in [0.15, 0.2) is 11.7 Å². The molecule has 94 valence electrons. The first-order valence-corrected chi connectivity index (χ1v) is 5.37. The van der Waals surface area contributed by atoms with Crippen LogP contribution in [0, 0.1) is 12.7 Å². The van der Waals surface area contributed by atoms with Crippen molar-refractivity contribution >= 4 is 5.78 Å². The van der Waals surface area contributed by atoms with Crippen molar-refractivity contribution in [1.82, 2.24) is 9.97 Å². The maximum absolute atomic E-state index is 13.9. The predicted molar refractivity (Wildman–Crippen MR) is 60.0 cm³/mol. The van der Waals surface area contributed by atoms with Crippen molar-refractivity contribution in [3.8, 4) is 5.88 Å². The van der Waals surface area contributed by atoms with E-state index in [1.165, 1.54) is 18.5 Å². The highest BCUT2D eigenvalue weighted by molar-refractivity contribution is 6.07. The second kappa shape index (κ2) is 4.95. The van der Waals surface area contributed by atoms with Gasteiger partial charge in [0, 0.05) is 13.1 Å². The lowest BCUT2D eigenvalue weighted by Gasteiger charge is -2.05. The molecule has 2 heterocycles. The Morgan fingerprint density at radius 2 is 2.33 bits per heavy atom. The van der Waals surface area contributed by atoms with E-state index >= 15 is 0 Å². The van der Waals surface area contributed by atoms with Gasteiger partial charge in [0.05, 0.1) is 12.2 Å². The third kappa shape index (κ3) is 2.22. The minimum atomic E-state index is -0.787. The summed E-state index contributed by atoms with van der Waals surface area (Å²) in [5.41, 5.74) is -0.0817. The van der Waals surface area contributed by atoms with Gasteiger partial charge in [-0.3, -0.25) is 4.79 Å². The molecule has 0 unspecified atom stereocenters. The zero-order valence-electron chi connectivity index (χ0n) is 9.94. The molecule has 0 atom stereocenters. The number of carbonyl (C=O) groups excluding carboxylic acids is 1. The van der Waals surface area contributed by atoms with E-state index in [0.29, 0.717) is 5.89 Å². The predicted octanol–water partition coefficient (Wildman–Crippen LogP) is 2.15. The highest BCUT2D eigenvalue weighted by Gasteiger charge is 2.20. The van der Waals surface area contributed by atoms with Crippen molar-refractivity contribution < 1.29 is 18.3 Å². The monoisotopic (exact) mass is 250 g/mol. The molecule has 0 aliphatic heterocycles. The lowest BCUT2D eigenvalue weighted by Crippen LogP contribution is -2.08. The largest absolute Gasteiger partial charge is 0.476 e. The van der Waals surface area contributed by atoms with Crippen molar-refractivity contribution in [3.63, 3.8) is 0 Å². The van der Waals surface area contributed by atoms with Crippen LogP contribution in [0.15, 0.2) is 22.9 Å². The first-order chi connectivity index (χ1) is 8.63. The Kier molecular flexibility index (Phi) is 3.36. The van der Waals surface area contributed by atoms with E-state index in [1.807, 2.05) is 0 Å². The normalized spacial score (nSPS) is 10.4. The van der Waals surface area contributed by atoms with Crippen molar-refractivity contribution in [3.05, 3.63) is 41.5 Å². The van der Waals surface area contributed by atoms with Gasteiger partial charge in [0.25, 0.3) is 5.88 Å². The van der Waals surface area contributed by atoms with Gasteiger partial charge >= 0.3 is 0 Å². The summed E-state index contributed by atoms with van der Waals surface area (Å²) in [7, 11) is 0. The van der Waals surface area contributed by atoms with E-state index < -0.39 is 11.6 Å². The summed E-state index contributed by atoms with van der Waals surface area (Å²) < 4.78 is 23.8. The van der Waals surface area contributed by atoms with Gasteiger partial charge in [-0.2, -0.15) is 0 Å². The minimum Gasteiger partial charge on any atom is -0.476 e. The van der Waals surface area contributed by atoms with Crippen LogP contribution in [0.25, 0.3) is 0 Å². The van der Waals surface area contributed by atoms with Crippen molar-refractivity contribution in [2.24, 2.45) is 0 Å². The van der Waals surface area contributed by atoms with Gasteiger partial charge < -0.3 is 9.15 Å². The van der Waals surface area contributed by atoms with Crippen LogP contribution in [0.4, 0.5) is 4.39 Å². The van der Waals surface area contributed by atoms with Crippen LogP contribution in [0.3, 0.4) is 0 Å². The molecule has 2 rings (SSSR count). The van der Waals surface area contributed by atoms with E-state index in [-0.39, 0.29) is 23.7 Å². The molecule has 0 aromatic carbocycles. The highest BCUT2D eigenvalue weighted by Crippen LogP contribution is 2.20. The number of aryl methyl sites for hydroxylation is 1. The van der Waals surface area contributed by atoms with Gasteiger partial charge in [0.1, 0.15) is 12.0 Å². The molecular formula is C12H11FN2O3. The van der Waals surface area contributed by atoms with E-state index in [4.69, 9.17) is 9.15 Å². The standard InChI is InChI=1S/C12H11FN2O3/c1-3-17-12-10(13)8(4-5-14-12)11(16)9-6-18-7(2)15-9/h4-6H,3H2,1-2H3. The van der Waals surface area contributed by atoms with Crippen molar-refractivity contribution in [2.45, 2.75) is 13.8 Å². The molecule has 0 saturated heterocycles. The number of halogens is 1. The molecule has 0 aliphatic rings. The Hall–Kier alpha value is -2.24. The Bertz CT molecular complexity index is 580. The molecule has 0 saturated carbocycles. The van der Waals surface area contributed by atoms with Gasteiger partial charge in [-0.05, 0) is 13.0 Å². The average Bonchev–Trinajstić information content (AvgIpc) is 2.78. The molecule has 0 bridgehead atoms. The zero-order chi connectivity index (χ0) is 13.1. The summed E-state index contributed by atoms with van der Waals surface area (Å²) in [6.07, 6.45) is 2.51. The molecule has 0 fully saturated rings. The van der Waals surface area contributed by atoms with Crippen molar-refractivity contribution in [1.29, 1.82) is 0 Å². The minimum absolute atomic E-state index is 0.0556. The van der Waals surface area contributed by atoms with Gasteiger partial charge in [0.2, 0.25) is 5.78 Å². The van der Waals surface area contributed by atoms with Gasteiger partial charge in [-0.25, -0.2) is 14.4 Å². The number of ketones is 1. The quantitative estimate of drug-likeness (QED) is 0.778. The van der Waals surface area contributed by atoms with Crippen LogP contribution in [-0.4, -0.2) is 22.4 Å². The summed E-state index contributed by atoms with van der Waals surface area (Å²) in [4.78, 5) is 19.6. The summed E-state index contributed by atoms with van der Waals surface area (Å²) >= 11 is 0. The highest BCUT2D eigenvalue weighted by atomic mass is 19.1. The summed E-state index contributed by atoms with van der Waals surface area (Å²) in [6.45, 7) is 3.58. The summed E-state index contributed by atoms with van der Waals surface area (Å²) in [5.74, 6) is -1.20. The van der Waals surface area contributed by atoms with Gasteiger partial charge in [-0.1, -0.05) is 0 Å². The first-order valence-electron chi connectivity index (χ1n) is 5.37. The summed E-state index contributed by atoms with van der Waals surface area (Å²) in [5, 5.41) is 0. The fourth-order valence-electron chi connectivity index (χ4n) is 1.44. The third-order valence-electron chi connectivity index (χ3n) is 2.23. The Labute approximate surface area is 103 Å². The molecule has 0 aliphatic carbocycles. The SMILES string of the molecule is CCOc1nccc(C(=O)c2coc(C)n2)c1F. The molecule has 0 spiro atoms. The first kappa shape index (κ1) is 12.2. The van der Waals surface area contributed by atoms with Crippen LogP contribution in [0.1, 0.15) is 28.9 Å². The topological polar surface area (TPSA) is 65.2 Å². The Morgan fingerprint density at radius 1 is 1.56 bits per heavy atom. The van der Waals surface area contributed by atoms with Crippen molar-refractivity contribution in [2.75, 3.05) is 6.61 Å². The van der Waals surface area contributed by atoms with E-state index in [9.17, 15) is 9.18 Å². The van der Waals surface area contributed by atoms with Crippen LogP contribution in [0.2, 0.25) is 0 Å². The number of oxazole rings is 1. The Balaban J connectivity index is 2.39. The molecule has 0 amide bonds. The molecule has 18 heavy (non-hydrogen) atoms. The molecule has 2 aromatic heterocycles. The molecule has 0 N–H and O–H groups in total. The number of hydrogen-bond donors (Lipinski definition) is 0. The number of aromatic nitrogens is 2. The molecule has 6 heteroatoms. The molecule has 5 nitrogen and oxygen atoms in total. The fourth-order valence-corrected chi connectivity index (χ4v) is 1.44. The van der Waals surface area contributed by atoms with Crippen LogP contribution < -0.4 is 4.74 Å². The zero-order valence-corrected chi connectivity index (χ0v) is 9.94. The van der Waals surface area contributed by atoms with Gasteiger partial charge in [-0.15, -0.1) is 0 Å². The van der Waals surface area contributed by atoms with E-state index in [0.717, 1.165) is 0 Å². The number of pyridine rings is 1. The molecule has 0 radical (unpaired) electrons. The maximum Gasteiger partial charge on any atom is 0.251 e. The lowest BCUT2D eigenvalue weighted by molar-refractivity contribution is 0.102. The lowest BCUT2D eigenvalue weighted by atomic mass is 10.1. The number of rotatable bonds is 4. The molecular weight excluding hydrogens is 239 g/mol. The van der Waals surface area contributed by atoms with Crippen LogP contribution in [-0.2, 0) is 0 Å². The molecule has 2 aromatic rings. The van der Waals surface area contributed by atoms with Crippen LogP contribution >= 0.6 is 0 Å². The number of nitrogens with zero attached hydrogens (tertiary/aromatic N) is 2. The smallest absolute Gasteiger partial charge is 0.251 e. The maximum atomic E-state index is 13.9. The van der Waals surface area contributed by atoms with E-state index in [2.05, 4.69) is 9.97 Å². The van der Waals surface area contributed by atoms with Crippen LogP contribution in [0.5, 0.6) is 5.88 Å². The fraction of sp³-hybridized carbons (Fsp3) is 0.250. The third-order valence-corrected chi connectivity index (χ3v) is 2.23. The second-order valence-corrected chi connectivity index (χ2v) is 3.49. The second-order valence-electron chi connectivity index (χ2n) is 3.49. The number of hydrogen-bond acceptors (Lipinski definition) is 5. The van der Waals surface area contributed by atoms with E-state index in [1.54, 1.807) is 13.8 Å². The number of ether oxygens (including phenoxy) is 1.